The van der Waals surface area contributed by atoms with Crippen molar-refractivity contribution in [3.63, 3.8) is 0 Å². The molecule has 2 bridgehead atoms. The van der Waals surface area contributed by atoms with Crippen LogP contribution in [-0.4, -0.2) is 12.6 Å². The molecule has 0 amide bonds. The average molecular weight is 139 g/mol. The third kappa shape index (κ3) is 0.619. The Morgan fingerprint density at radius 2 is 1.90 bits per heavy atom. The molecule has 2 saturated heterocycles. The van der Waals surface area contributed by atoms with Gasteiger partial charge in [0, 0.05) is 12.6 Å². The van der Waals surface area contributed by atoms with E-state index in [-0.39, 0.29) is 0 Å². The molecule has 0 unspecified atom stereocenters. The van der Waals surface area contributed by atoms with Crippen molar-refractivity contribution < 1.29 is 0 Å². The Labute approximate surface area is 63.2 Å². The summed E-state index contributed by atoms with van der Waals surface area (Å²) >= 11 is 0. The first-order valence-corrected chi connectivity index (χ1v) is 4.27. The van der Waals surface area contributed by atoms with Gasteiger partial charge in [0.2, 0.25) is 0 Å². The highest BCUT2D eigenvalue weighted by Crippen LogP contribution is 2.57. The molecule has 0 radical (unpaired) electrons. The minimum Gasteiger partial charge on any atom is -0.313 e. The molecule has 58 valence electrons. The molecule has 1 aliphatic carbocycles. The molecule has 0 aromatic rings. The van der Waals surface area contributed by atoms with Gasteiger partial charge in [-0.05, 0) is 23.7 Å². The van der Waals surface area contributed by atoms with Crippen molar-refractivity contribution in [3.8, 4) is 0 Å². The zero-order chi connectivity index (χ0) is 7.41. The van der Waals surface area contributed by atoms with Crippen molar-refractivity contribution in [3.05, 3.63) is 0 Å². The lowest BCUT2D eigenvalue weighted by atomic mass is 9.56. The SMILES string of the molecule is CC(C)(C)C12CNC(C1)C2. The van der Waals surface area contributed by atoms with Gasteiger partial charge in [-0.3, -0.25) is 0 Å². The highest BCUT2D eigenvalue weighted by atomic mass is 15.0. The van der Waals surface area contributed by atoms with Gasteiger partial charge in [-0.1, -0.05) is 20.8 Å². The van der Waals surface area contributed by atoms with Gasteiger partial charge >= 0.3 is 0 Å². The zero-order valence-corrected chi connectivity index (χ0v) is 7.20. The van der Waals surface area contributed by atoms with Crippen molar-refractivity contribution in [1.29, 1.82) is 0 Å². The summed E-state index contributed by atoms with van der Waals surface area (Å²) in [5.74, 6) is 0. The zero-order valence-electron chi connectivity index (χ0n) is 7.20. The third-order valence-electron chi connectivity index (χ3n) is 3.59. The van der Waals surface area contributed by atoms with Crippen LogP contribution < -0.4 is 5.32 Å². The summed E-state index contributed by atoms with van der Waals surface area (Å²) in [6.45, 7) is 8.38. The second-order valence-electron chi connectivity index (χ2n) is 5.02. The Bertz CT molecular complexity index is 143. The normalized spacial score (nSPS) is 45.3. The van der Waals surface area contributed by atoms with Crippen molar-refractivity contribution in [1.82, 2.24) is 5.32 Å². The lowest BCUT2D eigenvalue weighted by Gasteiger charge is -2.47. The first kappa shape index (κ1) is 6.66. The second-order valence-corrected chi connectivity index (χ2v) is 5.02. The van der Waals surface area contributed by atoms with Crippen LogP contribution in [0.4, 0.5) is 0 Å². The Morgan fingerprint density at radius 1 is 1.30 bits per heavy atom. The van der Waals surface area contributed by atoms with E-state index in [9.17, 15) is 0 Å². The molecule has 0 aromatic heterocycles. The molecule has 0 atom stereocenters. The minimum atomic E-state index is 0.521. The predicted molar refractivity (Wildman–Crippen MR) is 42.9 cm³/mol. The highest BCUT2D eigenvalue weighted by molar-refractivity contribution is 5.11. The third-order valence-corrected chi connectivity index (χ3v) is 3.59. The Hall–Kier alpha value is -0.0400. The maximum atomic E-state index is 3.54. The van der Waals surface area contributed by atoms with Crippen molar-refractivity contribution in [2.24, 2.45) is 10.8 Å². The van der Waals surface area contributed by atoms with Gasteiger partial charge in [-0.25, -0.2) is 0 Å². The maximum absolute atomic E-state index is 3.54. The van der Waals surface area contributed by atoms with E-state index in [1.807, 2.05) is 0 Å². The van der Waals surface area contributed by atoms with Crippen LogP contribution in [0.2, 0.25) is 0 Å². The monoisotopic (exact) mass is 139 g/mol. The van der Waals surface area contributed by atoms with Gasteiger partial charge in [0.25, 0.3) is 0 Å². The molecule has 0 spiro atoms. The summed E-state index contributed by atoms with van der Waals surface area (Å²) in [4.78, 5) is 0. The molecular weight excluding hydrogens is 122 g/mol. The first-order valence-electron chi connectivity index (χ1n) is 4.27. The largest absolute Gasteiger partial charge is 0.313 e. The van der Waals surface area contributed by atoms with E-state index in [0.717, 1.165) is 6.04 Å². The first-order chi connectivity index (χ1) is 4.54. The molecule has 3 rings (SSSR count). The molecule has 0 aromatic carbocycles. The molecule has 2 heterocycles. The lowest BCUT2D eigenvalue weighted by Crippen LogP contribution is -2.43. The fraction of sp³-hybridized carbons (Fsp3) is 1.00. The van der Waals surface area contributed by atoms with Gasteiger partial charge in [0.1, 0.15) is 0 Å². The van der Waals surface area contributed by atoms with Crippen LogP contribution in [0.1, 0.15) is 33.6 Å². The van der Waals surface area contributed by atoms with Gasteiger partial charge in [0.15, 0.2) is 0 Å². The van der Waals surface area contributed by atoms with Crippen LogP contribution in [0, 0.1) is 10.8 Å². The lowest BCUT2D eigenvalue weighted by molar-refractivity contribution is 0.0437. The predicted octanol–water partition coefficient (Wildman–Crippen LogP) is 1.78. The minimum absolute atomic E-state index is 0.521. The fourth-order valence-corrected chi connectivity index (χ4v) is 2.39. The second kappa shape index (κ2) is 1.58. The van der Waals surface area contributed by atoms with E-state index >= 15 is 0 Å². The summed E-state index contributed by atoms with van der Waals surface area (Å²) in [6, 6.07) is 0.874. The molecule has 1 nitrogen and oxygen atoms in total. The van der Waals surface area contributed by atoms with Crippen LogP contribution in [0.3, 0.4) is 0 Å². The summed E-state index contributed by atoms with van der Waals surface area (Å²) in [5.41, 5.74) is 1.19. The smallest absolute Gasteiger partial charge is 0.00792 e. The van der Waals surface area contributed by atoms with E-state index < -0.39 is 0 Å². The van der Waals surface area contributed by atoms with Gasteiger partial charge in [-0.15, -0.1) is 0 Å². The summed E-state index contributed by atoms with van der Waals surface area (Å²) < 4.78 is 0. The molecule has 10 heavy (non-hydrogen) atoms. The Kier molecular flexibility index (Phi) is 1.05. The summed E-state index contributed by atoms with van der Waals surface area (Å²) in [7, 11) is 0. The molecule has 1 N–H and O–H groups in total. The number of hydrogen-bond acceptors (Lipinski definition) is 1. The van der Waals surface area contributed by atoms with E-state index in [4.69, 9.17) is 0 Å². The molecule has 2 aliphatic heterocycles. The molecule has 1 saturated carbocycles. The molecular formula is C9H17N. The average Bonchev–Trinajstić information content (AvgIpc) is 2.08. The molecule has 1 heteroatoms. The van der Waals surface area contributed by atoms with E-state index in [0.29, 0.717) is 10.8 Å². The number of fused-ring (bicyclic) bond motifs is 1. The fourth-order valence-electron chi connectivity index (χ4n) is 2.39. The van der Waals surface area contributed by atoms with Gasteiger partial charge in [0.05, 0.1) is 0 Å². The van der Waals surface area contributed by atoms with Crippen LogP contribution in [0.5, 0.6) is 0 Å². The van der Waals surface area contributed by atoms with Crippen LogP contribution in [0.15, 0.2) is 0 Å². The Morgan fingerprint density at radius 3 is 2.10 bits per heavy atom. The van der Waals surface area contributed by atoms with E-state index in [2.05, 4.69) is 26.1 Å². The van der Waals surface area contributed by atoms with Crippen LogP contribution in [0.25, 0.3) is 0 Å². The van der Waals surface area contributed by atoms with Gasteiger partial charge < -0.3 is 5.32 Å². The summed E-state index contributed by atoms with van der Waals surface area (Å²) in [5, 5.41) is 3.54. The Balaban J connectivity index is 2.18. The molecule has 3 aliphatic rings. The van der Waals surface area contributed by atoms with Crippen molar-refractivity contribution >= 4 is 0 Å². The van der Waals surface area contributed by atoms with E-state index in [1.54, 1.807) is 0 Å². The highest BCUT2D eigenvalue weighted by Gasteiger charge is 2.56. The molecule has 3 fully saturated rings. The number of nitrogens with one attached hydrogen (secondary N) is 1. The van der Waals surface area contributed by atoms with Gasteiger partial charge in [-0.2, -0.15) is 0 Å². The topological polar surface area (TPSA) is 12.0 Å². The number of rotatable bonds is 0. The quantitative estimate of drug-likeness (QED) is 0.539. The maximum Gasteiger partial charge on any atom is 0.00792 e. The van der Waals surface area contributed by atoms with Crippen molar-refractivity contribution in [2.75, 3.05) is 6.54 Å². The number of hydrogen-bond donors (Lipinski definition) is 1. The standard InChI is InChI=1S/C9H17N/c1-8(2,3)9-4-7(5-9)10-6-9/h7,10H,4-6H2,1-3H3. The van der Waals surface area contributed by atoms with E-state index in [1.165, 1.54) is 19.4 Å². The van der Waals surface area contributed by atoms with Crippen LogP contribution >= 0.6 is 0 Å². The summed E-state index contributed by atoms with van der Waals surface area (Å²) in [6.07, 6.45) is 2.85. The van der Waals surface area contributed by atoms with Crippen LogP contribution in [-0.2, 0) is 0 Å². The van der Waals surface area contributed by atoms with Crippen molar-refractivity contribution in [2.45, 2.75) is 39.7 Å².